The summed E-state index contributed by atoms with van der Waals surface area (Å²) >= 11 is 6.17. The van der Waals surface area contributed by atoms with Crippen molar-refractivity contribution in [3.63, 3.8) is 0 Å². The number of aromatic nitrogens is 1. The zero-order chi connectivity index (χ0) is 20.4. The normalized spacial score (nSPS) is 15.0. The summed E-state index contributed by atoms with van der Waals surface area (Å²) in [5.41, 5.74) is 2.86. The first kappa shape index (κ1) is 19.5. The number of nitrogens with zero attached hydrogens (tertiary/aromatic N) is 3. The van der Waals surface area contributed by atoms with E-state index in [1.165, 1.54) is 4.57 Å². The lowest BCUT2D eigenvalue weighted by molar-refractivity contribution is -0.116. The molecule has 0 saturated carbocycles. The fourth-order valence-corrected chi connectivity index (χ4v) is 3.76. The van der Waals surface area contributed by atoms with Gasteiger partial charge in [-0.25, -0.2) is 4.79 Å². The average molecular weight is 415 g/mol. The van der Waals surface area contributed by atoms with E-state index >= 15 is 0 Å². The second-order valence-corrected chi connectivity index (χ2v) is 7.67. The maximum atomic E-state index is 12.6. The van der Waals surface area contributed by atoms with Crippen LogP contribution in [0.15, 0.2) is 51.7 Å². The Bertz CT molecular complexity index is 1080. The van der Waals surface area contributed by atoms with Crippen LogP contribution in [0, 0.1) is 0 Å². The van der Waals surface area contributed by atoms with Gasteiger partial charge in [0.05, 0.1) is 16.9 Å². The molecule has 29 heavy (non-hydrogen) atoms. The van der Waals surface area contributed by atoms with Crippen molar-refractivity contribution in [1.29, 1.82) is 0 Å². The first-order valence-corrected chi connectivity index (χ1v) is 10.0. The van der Waals surface area contributed by atoms with E-state index in [1.807, 2.05) is 18.2 Å². The van der Waals surface area contributed by atoms with Gasteiger partial charge in [0, 0.05) is 44.2 Å². The van der Waals surface area contributed by atoms with E-state index in [-0.39, 0.29) is 18.9 Å². The number of halogens is 1. The van der Waals surface area contributed by atoms with Gasteiger partial charge in [0.1, 0.15) is 0 Å². The van der Waals surface area contributed by atoms with Gasteiger partial charge in [0.15, 0.2) is 5.58 Å². The van der Waals surface area contributed by atoms with Crippen molar-refractivity contribution in [3.05, 3.63) is 58.0 Å². The predicted octanol–water partition coefficient (Wildman–Crippen LogP) is 3.03. The Hall–Kier alpha value is -2.77. The van der Waals surface area contributed by atoms with Crippen LogP contribution >= 0.6 is 11.6 Å². The van der Waals surface area contributed by atoms with Gasteiger partial charge in [-0.3, -0.25) is 9.36 Å². The summed E-state index contributed by atoms with van der Waals surface area (Å²) in [5, 5.41) is 3.53. The average Bonchev–Trinajstić information content (AvgIpc) is 3.02. The van der Waals surface area contributed by atoms with Crippen molar-refractivity contribution >= 4 is 40.0 Å². The molecule has 4 rings (SSSR count). The van der Waals surface area contributed by atoms with Gasteiger partial charge in [-0.1, -0.05) is 23.7 Å². The summed E-state index contributed by atoms with van der Waals surface area (Å²) in [5.74, 6) is -0.639. The van der Waals surface area contributed by atoms with Crippen LogP contribution in [-0.2, 0) is 11.3 Å². The first-order valence-electron chi connectivity index (χ1n) is 9.62. The molecule has 0 radical (unpaired) electrons. The SMILES string of the molecule is CN1CCN(c2ccc(Cl)cc2NC(=O)CCn2c(=O)oc3ccccc32)CC1. The Labute approximate surface area is 173 Å². The minimum Gasteiger partial charge on any atom is -0.408 e. The third-order valence-electron chi connectivity index (χ3n) is 5.21. The zero-order valence-corrected chi connectivity index (χ0v) is 17.0. The van der Waals surface area contributed by atoms with E-state index in [4.69, 9.17) is 16.0 Å². The number of hydrogen-bond donors (Lipinski definition) is 1. The molecule has 3 aromatic rings. The smallest absolute Gasteiger partial charge is 0.408 e. The van der Waals surface area contributed by atoms with Crippen molar-refractivity contribution < 1.29 is 9.21 Å². The number of carbonyl (C=O) groups is 1. The molecule has 1 aliphatic heterocycles. The van der Waals surface area contributed by atoms with Crippen LogP contribution in [0.4, 0.5) is 11.4 Å². The molecular formula is C21H23ClN4O3. The van der Waals surface area contributed by atoms with Crippen molar-refractivity contribution in [2.24, 2.45) is 0 Å². The third-order valence-corrected chi connectivity index (χ3v) is 5.45. The van der Waals surface area contributed by atoms with E-state index in [2.05, 4.69) is 22.2 Å². The highest BCUT2D eigenvalue weighted by Gasteiger charge is 2.19. The summed E-state index contributed by atoms with van der Waals surface area (Å²) in [6.07, 6.45) is 0.151. The van der Waals surface area contributed by atoms with Crippen LogP contribution in [0.25, 0.3) is 11.1 Å². The lowest BCUT2D eigenvalue weighted by atomic mass is 10.2. The Morgan fingerprint density at radius 1 is 1.14 bits per heavy atom. The lowest BCUT2D eigenvalue weighted by Crippen LogP contribution is -2.44. The number of aryl methyl sites for hydroxylation is 1. The number of hydrogen-bond acceptors (Lipinski definition) is 5. The summed E-state index contributed by atoms with van der Waals surface area (Å²) in [6.45, 7) is 3.94. The highest BCUT2D eigenvalue weighted by atomic mass is 35.5. The summed E-state index contributed by atoms with van der Waals surface area (Å²) < 4.78 is 6.70. The number of amides is 1. The summed E-state index contributed by atoms with van der Waals surface area (Å²) in [7, 11) is 2.10. The van der Waals surface area contributed by atoms with Gasteiger partial charge in [0.25, 0.3) is 0 Å². The lowest BCUT2D eigenvalue weighted by Gasteiger charge is -2.35. The molecule has 0 aliphatic carbocycles. The maximum absolute atomic E-state index is 12.6. The van der Waals surface area contributed by atoms with Crippen molar-refractivity contribution in [1.82, 2.24) is 9.47 Å². The van der Waals surface area contributed by atoms with Gasteiger partial charge in [-0.05, 0) is 37.4 Å². The molecule has 1 amide bonds. The Morgan fingerprint density at radius 2 is 1.90 bits per heavy atom. The van der Waals surface area contributed by atoms with Gasteiger partial charge in [-0.2, -0.15) is 0 Å². The monoisotopic (exact) mass is 414 g/mol. The van der Waals surface area contributed by atoms with E-state index in [0.29, 0.717) is 21.8 Å². The van der Waals surface area contributed by atoms with Gasteiger partial charge >= 0.3 is 5.76 Å². The Morgan fingerprint density at radius 3 is 2.69 bits per heavy atom. The van der Waals surface area contributed by atoms with E-state index in [0.717, 1.165) is 31.9 Å². The molecule has 1 N–H and O–H groups in total. The second kappa shape index (κ2) is 8.31. The number of nitrogens with one attached hydrogen (secondary N) is 1. The van der Waals surface area contributed by atoms with Crippen LogP contribution in [0.3, 0.4) is 0 Å². The van der Waals surface area contributed by atoms with Crippen LogP contribution < -0.4 is 16.0 Å². The molecule has 1 fully saturated rings. The quantitative estimate of drug-likeness (QED) is 0.694. The largest absolute Gasteiger partial charge is 0.419 e. The van der Waals surface area contributed by atoms with Crippen molar-refractivity contribution in [3.8, 4) is 0 Å². The number of fused-ring (bicyclic) bond motifs is 1. The number of benzene rings is 2. The first-order chi connectivity index (χ1) is 14.0. The molecule has 1 aromatic heterocycles. The summed E-state index contributed by atoms with van der Waals surface area (Å²) in [6, 6.07) is 12.7. The van der Waals surface area contributed by atoms with E-state index in [9.17, 15) is 9.59 Å². The number of piperazine rings is 1. The Balaban J connectivity index is 1.47. The topological polar surface area (TPSA) is 70.7 Å². The number of oxazole rings is 1. The highest BCUT2D eigenvalue weighted by Crippen LogP contribution is 2.30. The molecule has 152 valence electrons. The van der Waals surface area contributed by atoms with Gasteiger partial charge in [0.2, 0.25) is 5.91 Å². The fraction of sp³-hybridized carbons (Fsp3) is 0.333. The summed E-state index contributed by atoms with van der Waals surface area (Å²) in [4.78, 5) is 29.2. The van der Waals surface area contributed by atoms with Crippen LogP contribution in [-0.4, -0.2) is 48.6 Å². The molecule has 1 saturated heterocycles. The molecule has 2 heterocycles. The predicted molar refractivity (Wildman–Crippen MR) is 115 cm³/mol. The maximum Gasteiger partial charge on any atom is 0.419 e. The van der Waals surface area contributed by atoms with Crippen molar-refractivity contribution in [2.45, 2.75) is 13.0 Å². The molecule has 0 unspecified atom stereocenters. The standard InChI is InChI=1S/C21H23ClN4O3/c1-24-10-12-25(13-11-24)17-7-6-15(22)14-16(17)23-20(27)8-9-26-18-4-2-3-5-19(18)29-21(26)28/h2-7,14H,8-13H2,1H3,(H,23,27). The molecule has 0 spiro atoms. The zero-order valence-electron chi connectivity index (χ0n) is 16.2. The van der Waals surface area contributed by atoms with E-state index < -0.39 is 5.76 Å². The minimum atomic E-state index is -0.458. The number of para-hydroxylation sites is 2. The van der Waals surface area contributed by atoms with Crippen molar-refractivity contribution in [2.75, 3.05) is 43.4 Å². The van der Waals surface area contributed by atoms with Gasteiger partial charge in [-0.15, -0.1) is 0 Å². The van der Waals surface area contributed by atoms with Gasteiger partial charge < -0.3 is 19.5 Å². The van der Waals surface area contributed by atoms with Crippen LogP contribution in [0.1, 0.15) is 6.42 Å². The van der Waals surface area contributed by atoms with Crippen LogP contribution in [0.5, 0.6) is 0 Å². The highest BCUT2D eigenvalue weighted by molar-refractivity contribution is 6.31. The van der Waals surface area contributed by atoms with Crippen LogP contribution in [0.2, 0.25) is 5.02 Å². The second-order valence-electron chi connectivity index (χ2n) is 7.24. The number of anilines is 2. The third kappa shape index (κ3) is 4.31. The van der Waals surface area contributed by atoms with E-state index in [1.54, 1.807) is 24.3 Å². The molecule has 2 aromatic carbocycles. The number of likely N-dealkylation sites (N-methyl/N-ethyl adjacent to an activating group) is 1. The number of carbonyl (C=O) groups excluding carboxylic acids is 1. The molecular weight excluding hydrogens is 392 g/mol. The molecule has 1 aliphatic rings. The molecule has 0 atom stereocenters. The molecule has 0 bridgehead atoms. The fourth-order valence-electron chi connectivity index (χ4n) is 3.58. The molecule has 8 heteroatoms. The minimum absolute atomic E-state index is 0.151. The Kier molecular flexibility index (Phi) is 5.60. The number of rotatable bonds is 5. The molecule has 7 nitrogen and oxygen atoms in total.